The van der Waals surface area contributed by atoms with Crippen molar-refractivity contribution in [1.82, 2.24) is 9.88 Å². The molecule has 2 aromatic carbocycles. The first-order valence-corrected chi connectivity index (χ1v) is 8.85. The minimum atomic E-state index is -0.376. The number of ether oxygens (including phenoxy) is 1. The van der Waals surface area contributed by atoms with Gasteiger partial charge in [0.2, 0.25) is 0 Å². The Morgan fingerprint density at radius 2 is 2.00 bits per heavy atom. The number of aromatic nitrogens is 1. The van der Waals surface area contributed by atoms with Crippen molar-refractivity contribution < 1.29 is 13.9 Å². The van der Waals surface area contributed by atoms with Gasteiger partial charge in [-0.25, -0.2) is 4.39 Å². The van der Waals surface area contributed by atoms with Crippen molar-refractivity contribution in [3.8, 4) is 5.75 Å². The summed E-state index contributed by atoms with van der Waals surface area (Å²) >= 11 is 0. The van der Waals surface area contributed by atoms with Crippen LogP contribution in [0.25, 0.3) is 10.9 Å². The van der Waals surface area contributed by atoms with Crippen LogP contribution in [0.5, 0.6) is 5.75 Å². The van der Waals surface area contributed by atoms with Gasteiger partial charge in [0.15, 0.2) is 0 Å². The molecule has 5 heteroatoms. The van der Waals surface area contributed by atoms with Crippen molar-refractivity contribution in [2.45, 2.75) is 18.8 Å². The molecule has 0 spiro atoms. The van der Waals surface area contributed by atoms with E-state index in [1.807, 2.05) is 17.0 Å². The van der Waals surface area contributed by atoms with Gasteiger partial charge >= 0.3 is 0 Å². The van der Waals surface area contributed by atoms with E-state index in [1.165, 1.54) is 23.1 Å². The number of benzene rings is 2. The minimum Gasteiger partial charge on any atom is -0.497 e. The zero-order valence-electron chi connectivity index (χ0n) is 14.7. The highest BCUT2D eigenvalue weighted by molar-refractivity contribution is 5.94. The highest BCUT2D eigenvalue weighted by Crippen LogP contribution is 2.35. The number of likely N-dealkylation sites (tertiary alicyclic amines) is 1. The zero-order chi connectivity index (χ0) is 18.1. The van der Waals surface area contributed by atoms with Gasteiger partial charge in [-0.2, -0.15) is 0 Å². The molecule has 1 aliphatic rings. The van der Waals surface area contributed by atoms with Crippen LogP contribution in [-0.4, -0.2) is 36.0 Å². The molecule has 0 atom stereocenters. The average Bonchev–Trinajstić information content (AvgIpc) is 3.10. The molecule has 1 N–H and O–H groups in total. The van der Waals surface area contributed by atoms with Crippen molar-refractivity contribution >= 4 is 16.8 Å². The van der Waals surface area contributed by atoms with Gasteiger partial charge in [0.1, 0.15) is 11.6 Å². The fourth-order valence-electron chi connectivity index (χ4n) is 3.78. The molecule has 4 rings (SSSR count). The lowest BCUT2D eigenvalue weighted by atomic mass is 9.89. The van der Waals surface area contributed by atoms with Crippen LogP contribution >= 0.6 is 0 Å². The van der Waals surface area contributed by atoms with Crippen LogP contribution in [0.15, 0.2) is 48.7 Å². The Hall–Kier alpha value is -2.82. The Bertz CT molecular complexity index is 942. The van der Waals surface area contributed by atoms with Crippen LogP contribution in [0, 0.1) is 5.82 Å². The molecule has 0 radical (unpaired) electrons. The molecule has 2 heterocycles. The van der Waals surface area contributed by atoms with Gasteiger partial charge in [0, 0.05) is 35.8 Å². The fraction of sp³-hybridized carbons (Fsp3) is 0.286. The molecular formula is C21H21FN2O2. The van der Waals surface area contributed by atoms with Crippen molar-refractivity contribution in [1.29, 1.82) is 0 Å². The van der Waals surface area contributed by atoms with E-state index in [1.54, 1.807) is 19.2 Å². The van der Waals surface area contributed by atoms with Crippen LogP contribution in [-0.2, 0) is 0 Å². The molecule has 0 aliphatic carbocycles. The quantitative estimate of drug-likeness (QED) is 0.762. The number of amides is 1. The zero-order valence-corrected chi connectivity index (χ0v) is 14.7. The number of methoxy groups -OCH3 is 1. The third-order valence-electron chi connectivity index (χ3n) is 5.21. The maximum atomic E-state index is 13.4. The Kier molecular flexibility index (Phi) is 4.37. The predicted molar refractivity (Wildman–Crippen MR) is 99.1 cm³/mol. The summed E-state index contributed by atoms with van der Waals surface area (Å²) in [5, 5.41) is 1.18. The van der Waals surface area contributed by atoms with E-state index in [0.717, 1.165) is 24.1 Å². The van der Waals surface area contributed by atoms with Crippen molar-refractivity contribution in [2.75, 3.05) is 20.2 Å². The smallest absolute Gasteiger partial charge is 0.253 e. The molecular weight excluding hydrogens is 331 g/mol. The van der Waals surface area contributed by atoms with Gasteiger partial charge in [-0.3, -0.25) is 4.79 Å². The van der Waals surface area contributed by atoms with Crippen LogP contribution in [0.1, 0.15) is 34.7 Å². The molecule has 26 heavy (non-hydrogen) atoms. The Balaban J connectivity index is 1.49. The number of hydrogen-bond donors (Lipinski definition) is 1. The number of carbonyl (C=O) groups excluding carboxylic acids is 1. The van der Waals surface area contributed by atoms with Gasteiger partial charge in [0.25, 0.3) is 5.91 Å². The highest BCUT2D eigenvalue weighted by Gasteiger charge is 2.26. The molecule has 1 amide bonds. The highest BCUT2D eigenvalue weighted by atomic mass is 19.1. The summed E-state index contributed by atoms with van der Waals surface area (Å²) in [4.78, 5) is 17.7. The first-order valence-electron chi connectivity index (χ1n) is 8.85. The molecule has 4 nitrogen and oxygen atoms in total. The number of nitrogens with one attached hydrogen (secondary N) is 1. The van der Waals surface area contributed by atoms with Crippen LogP contribution in [0.2, 0.25) is 0 Å². The van der Waals surface area contributed by atoms with Gasteiger partial charge in [-0.1, -0.05) is 6.07 Å². The first kappa shape index (κ1) is 16.6. The maximum Gasteiger partial charge on any atom is 0.253 e. The largest absolute Gasteiger partial charge is 0.497 e. The predicted octanol–water partition coefficient (Wildman–Crippen LogP) is 4.34. The summed E-state index contributed by atoms with van der Waals surface area (Å²) in [5.74, 6) is 0.770. The second kappa shape index (κ2) is 6.83. The van der Waals surface area contributed by atoms with Crippen LogP contribution < -0.4 is 4.74 Å². The summed E-state index contributed by atoms with van der Waals surface area (Å²) in [6, 6.07) is 11.9. The lowest BCUT2D eigenvalue weighted by molar-refractivity contribution is 0.0713. The van der Waals surface area contributed by atoms with E-state index in [9.17, 15) is 9.18 Å². The number of hydrogen-bond acceptors (Lipinski definition) is 2. The molecule has 1 aliphatic heterocycles. The first-order chi connectivity index (χ1) is 12.7. The number of halogens is 1. The Morgan fingerprint density at radius 3 is 2.73 bits per heavy atom. The number of aromatic amines is 1. The number of piperidine rings is 1. The van der Waals surface area contributed by atoms with Crippen LogP contribution in [0.4, 0.5) is 4.39 Å². The number of carbonyl (C=O) groups is 1. The van der Waals surface area contributed by atoms with Gasteiger partial charge in [-0.15, -0.1) is 0 Å². The summed E-state index contributed by atoms with van der Waals surface area (Å²) in [7, 11) is 1.67. The third kappa shape index (κ3) is 3.05. The summed E-state index contributed by atoms with van der Waals surface area (Å²) in [5.41, 5.74) is 2.79. The van der Waals surface area contributed by atoms with Crippen molar-refractivity contribution in [3.05, 3.63) is 65.6 Å². The topological polar surface area (TPSA) is 45.3 Å². The van der Waals surface area contributed by atoms with Gasteiger partial charge in [0.05, 0.1) is 7.11 Å². The number of H-pyrrole nitrogens is 1. The molecule has 0 bridgehead atoms. The Labute approximate surface area is 151 Å². The number of fused-ring (bicyclic) bond motifs is 1. The fourth-order valence-corrected chi connectivity index (χ4v) is 3.78. The molecule has 1 aromatic heterocycles. The second-order valence-corrected chi connectivity index (χ2v) is 6.73. The number of rotatable bonds is 3. The minimum absolute atomic E-state index is 0.0939. The van der Waals surface area contributed by atoms with E-state index in [0.29, 0.717) is 24.6 Å². The second-order valence-electron chi connectivity index (χ2n) is 6.73. The summed E-state index contributed by atoms with van der Waals surface area (Å²) in [6.45, 7) is 1.35. The third-order valence-corrected chi connectivity index (χ3v) is 5.21. The molecule has 0 unspecified atom stereocenters. The lowest BCUT2D eigenvalue weighted by Gasteiger charge is -2.32. The SMILES string of the molecule is COc1ccc2[nH]cc(C3CCN(C(=O)c4cccc(F)c4)CC3)c2c1. The van der Waals surface area contributed by atoms with E-state index < -0.39 is 0 Å². The van der Waals surface area contributed by atoms with E-state index in [4.69, 9.17) is 4.74 Å². The van der Waals surface area contributed by atoms with Crippen molar-refractivity contribution in [2.24, 2.45) is 0 Å². The maximum absolute atomic E-state index is 13.4. The molecule has 1 saturated heterocycles. The van der Waals surface area contributed by atoms with E-state index >= 15 is 0 Å². The molecule has 3 aromatic rings. The lowest BCUT2D eigenvalue weighted by Crippen LogP contribution is -2.37. The number of nitrogens with zero attached hydrogens (tertiary/aromatic N) is 1. The monoisotopic (exact) mass is 352 g/mol. The van der Waals surface area contributed by atoms with E-state index in [2.05, 4.69) is 17.2 Å². The van der Waals surface area contributed by atoms with E-state index in [-0.39, 0.29) is 11.7 Å². The summed E-state index contributed by atoms with van der Waals surface area (Å²) in [6.07, 6.45) is 3.86. The molecule has 1 fully saturated rings. The van der Waals surface area contributed by atoms with Crippen LogP contribution in [0.3, 0.4) is 0 Å². The standard InChI is InChI=1S/C21H21FN2O2/c1-26-17-5-6-20-18(12-17)19(13-23-20)14-7-9-24(10-8-14)21(25)15-3-2-4-16(22)11-15/h2-6,11-14,23H,7-10H2,1H3. The molecule has 0 saturated carbocycles. The normalized spacial score (nSPS) is 15.4. The molecule has 134 valence electrons. The average molecular weight is 352 g/mol. The van der Waals surface area contributed by atoms with Gasteiger partial charge in [-0.05, 0) is 60.7 Å². The summed E-state index contributed by atoms with van der Waals surface area (Å²) < 4.78 is 18.7. The van der Waals surface area contributed by atoms with Gasteiger partial charge < -0.3 is 14.6 Å². The Morgan fingerprint density at radius 1 is 1.19 bits per heavy atom. The van der Waals surface area contributed by atoms with Crippen molar-refractivity contribution in [3.63, 3.8) is 0 Å².